The second-order valence-electron chi connectivity index (χ2n) is 8.28. The van der Waals surface area contributed by atoms with Crippen LogP contribution in [0.25, 0.3) is 33.2 Å². The van der Waals surface area contributed by atoms with Crippen LogP contribution in [-0.2, 0) is 9.53 Å². The van der Waals surface area contributed by atoms with Crippen LogP contribution in [0.3, 0.4) is 0 Å². The molecule has 2 N–H and O–H groups in total. The number of esters is 1. The van der Waals surface area contributed by atoms with Gasteiger partial charge in [-0.15, -0.1) is 0 Å². The number of carbonyl (C=O) groups excluding carboxylic acids is 2. The third-order valence-electron chi connectivity index (χ3n) is 5.71. The lowest BCUT2D eigenvalue weighted by molar-refractivity contribution is -0.123. The van der Waals surface area contributed by atoms with Crippen LogP contribution < -0.4 is 5.32 Å². The van der Waals surface area contributed by atoms with Crippen molar-refractivity contribution in [2.45, 2.75) is 20.0 Å². The minimum Gasteiger partial charge on any atom is -0.449 e. The highest BCUT2D eigenvalue weighted by atomic mass is 16.5. The molecule has 0 bridgehead atoms. The Kier molecular flexibility index (Phi) is 5.55. The van der Waals surface area contributed by atoms with Gasteiger partial charge in [-0.05, 0) is 55.0 Å². The molecule has 5 rings (SSSR count). The number of fused-ring (bicyclic) bond motifs is 2. The number of benzene rings is 4. The molecule has 0 spiro atoms. The zero-order valence-corrected chi connectivity index (χ0v) is 18.8. The van der Waals surface area contributed by atoms with Crippen LogP contribution in [0.2, 0.25) is 0 Å². The standard InChI is InChI=1S/C28H23N3O3/c1-17-7-9-20(10-8-17)26-30-24-14-12-22(16-25(24)31-26)28(33)34-18(2)27(32)29-23-13-11-19-5-3-4-6-21(19)15-23/h3-16,18H,1-2H3,(H,29,32)(H,30,31). The first-order chi connectivity index (χ1) is 16.5. The molecule has 0 aliphatic heterocycles. The molecule has 1 heterocycles. The number of nitrogens with one attached hydrogen (secondary N) is 2. The Labute approximate surface area is 196 Å². The molecule has 1 amide bonds. The zero-order valence-electron chi connectivity index (χ0n) is 18.8. The molecule has 0 saturated carbocycles. The molecule has 0 saturated heterocycles. The van der Waals surface area contributed by atoms with Crippen molar-refractivity contribution in [2.24, 2.45) is 0 Å². The van der Waals surface area contributed by atoms with Crippen molar-refractivity contribution >= 4 is 39.4 Å². The number of hydrogen-bond acceptors (Lipinski definition) is 4. The number of aryl methyl sites for hydroxylation is 1. The van der Waals surface area contributed by atoms with Crippen LogP contribution in [0.15, 0.2) is 84.9 Å². The molecule has 4 aromatic carbocycles. The number of rotatable bonds is 5. The molecular weight excluding hydrogens is 426 g/mol. The number of amides is 1. The average Bonchev–Trinajstić information content (AvgIpc) is 3.27. The van der Waals surface area contributed by atoms with Crippen molar-refractivity contribution in [3.8, 4) is 11.4 Å². The summed E-state index contributed by atoms with van der Waals surface area (Å²) in [7, 11) is 0. The molecule has 1 atom stereocenters. The van der Waals surface area contributed by atoms with Gasteiger partial charge in [0.25, 0.3) is 5.91 Å². The van der Waals surface area contributed by atoms with Crippen molar-refractivity contribution in [1.29, 1.82) is 0 Å². The molecule has 168 valence electrons. The largest absolute Gasteiger partial charge is 0.449 e. The van der Waals surface area contributed by atoms with Crippen LogP contribution in [-0.4, -0.2) is 27.9 Å². The molecule has 6 nitrogen and oxygen atoms in total. The van der Waals surface area contributed by atoms with Gasteiger partial charge in [0.05, 0.1) is 16.6 Å². The molecular formula is C28H23N3O3. The minimum absolute atomic E-state index is 0.344. The van der Waals surface area contributed by atoms with Gasteiger partial charge in [0.2, 0.25) is 0 Å². The lowest BCUT2D eigenvalue weighted by atomic mass is 10.1. The summed E-state index contributed by atoms with van der Waals surface area (Å²) in [6.07, 6.45) is -0.959. The number of aromatic amines is 1. The van der Waals surface area contributed by atoms with E-state index < -0.39 is 18.0 Å². The van der Waals surface area contributed by atoms with Gasteiger partial charge in [-0.2, -0.15) is 0 Å². The van der Waals surface area contributed by atoms with E-state index in [4.69, 9.17) is 4.74 Å². The Morgan fingerprint density at radius 3 is 2.47 bits per heavy atom. The average molecular weight is 450 g/mol. The number of carbonyl (C=O) groups is 2. The topological polar surface area (TPSA) is 84.1 Å². The van der Waals surface area contributed by atoms with Crippen LogP contribution in [0.4, 0.5) is 5.69 Å². The Morgan fingerprint density at radius 2 is 1.68 bits per heavy atom. The van der Waals surface area contributed by atoms with E-state index in [2.05, 4.69) is 15.3 Å². The van der Waals surface area contributed by atoms with Crippen LogP contribution in [0.5, 0.6) is 0 Å². The van der Waals surface area contributed by atoms with Crippen molar-refractivity contribution in [3.63, 3.8) is 0 Å². The van der Waals surface area contributed by atoms with E-state index in [9.17, 15) is 9.59 Å². The van der Waals surface area contributed by atoms with E-state index in [1.54, 1.807) is 25.1 Å². The van der Waals surface area contributed by atoms with Crippen molar-refractivity contribution in [3.05, 3.63) is 96.1 Å². The molecule has 1 aromatic heterocycles. The fourth-order valence-electron chi connectivity index (χ4n) is 3.78. The highest BCUT2D eigenvalue weighted by molar-refractivity contribution is 6.00. The zero-order chi connectivity index (χ0) is 23.7. The summed E-state index contributed by atoms with van der Waals surface area (Å²) < 4.78 is 5.43. The molecule has 5 aromatic rings. The lowest BCUT2D eigenvalue weighted by Crippen LogP contribution is -2.30. The van der Waals surface area contributed by atoms with E-state index in [0.29, 0.717) is 11.3 Å². The SMILES string of the molecule is Cc1ccc(-c2nc3ccc(C(=O)OC(C)C(=O)Nc4ccc5ccccc5c4)cc3[nH]2)cc1. The smallest absolute Gasteiger partial charge is 0.338 e. The van der Waals surface area contributed by atoms with Gasteiger partial charge in [-0.25, -0.2) is 9.78 Å². The maximum atomic E-state index is 12.7. The molecule has 34 heavy (non-hydrogen) atoms. The Bertz CT molecular complexity index is 1520. The Hall–Kier alpha value is -4.45. The van der Waals surface area contributed by atoms with Gasteiger partial charge < -0.3 is 15.0 Å². The maximum Gasteiger partial charge on any atom is 0.338 e. The van der Waals surface area contributed by atoms with E-state index in [1.807, 2.05) is 73.7 Å². The molecule has 0 aliphatic carbocycles. The fraction of sp³-hybridized carbons (Fsp3) is 0.107. The van der Waals surface area contributed by atoms with E-state index in [-0.39, 0.29) is 0 Å². The van der Waals surface area contributed by atoms with Crippen LogP contribution >= 0.6 is 0 Å². The van der Waals surface area contributed by atoms with Gasteiger partial charge in [0, 0.05) is 11.3 Å². The van der Waals surface area contributed by atoms with Crippen molar-refractivity contribution < 1.29 is 14.3 Å². The molecule has 6 heteroatoms. The van der Waals surface area contributed by atoms with Gasteiger partial charge in [0.15, 0.2) is 6.10 Å². The predicted molar refractivity (Wildman–Crippen MR) is 134 cm³/mol. The fourth-order valence-corrected chi connectivity index (χ4v) is 3.78. The number of nitrogens with zero attached hydrogens (tertiary/aromatic N) is 1. The monoisotopic (exact) mass is 449 g/mol. The van der Waals surface area contributed by atoms with Crippen LogP contribution in [0, 0.1) is 6.92 Å². The van der Waals surface area contributed by atoms with Gasteiger partial charge in [-0.1, -0.05) is 60.2 Å². The summed E-state index contributed by atoms with van der Waals surface area (Å²) in [5.41, 5.74) is 4.59. The van der Waals surface area contributed by atoms with E-state index in [1.165, 1.54) is 5.56 Å². The third-order valence-corrected chi connectivity index (χ3v) is 5.71. The van der Waals surface area contributed by atoms with Crippen molar-refractivity contribution in [1.82, 2.24) is 9.97 Å². The Morgan fingerprint density at radius 1 is 0.912 bits per heavy atom. The molecule has 0 aliphatic rings. The van der Waals surface area contributed by atoms with Crippen molar-refractivity contribution in [2.75, 3.05) is 5.32 Å². The molecule has 0 fully saturated rings. The highest BCUT2D eigenvalue weighted by Crippen LogP contribution is 2.23. The highest BCUT2D eigenvalue weighted by Gasteiger charge is 2.20. The summed E-state index contributed by atoms with van der Waals surface area (Å²) >= 11 is 0. The number of imidazole rings is 1. The summed E-state index contributed by atoms with van der Waals surface area (Å²) in [6, 6.07) is 26.7. The summed E-state index contributed by atoms with van der Waals surface area (Å²) in [4.78, 5) is 33.2. The van der Waals surface area contributed by atoms with Gasteiger partial charge in [-0.3, -0.25) is 4.79 Å². The lowest BCUT2D eigenvalue weighted by Gasteiger charge is -2.14. The normalized spacial score (nSPS) is 11.9. The molecule has 1 unspecified atom stereocenters. The van der Waals surface area contributed by atoms with E-state index in [0.717, 1.165) is 33.2 Å². The maximum absolute atomic E-state index is 12.7. The summed E-state index contributed by atoms with van der Waals surface area (Å²) in [6.45, 7) is 3.59. The van der Waals surface area contributed by atoms with Crippen LogP contribution in [0.1, 0.15) is 22.8 Å². The van der Waals surface area contributed by atoms with Gasteiger partial charge in [0.1, 0.15) is 5.82 Å². The summed E-state index contributed by atoms with van der Waals surface area (Å²) in [5, 5.41) is 4.91. The first-order valence-corrected chi connectivity index (χ1v) is 11.0. The first kappa shape index (κ1) is 21.4. The minimum atomic E-state index is -0.959. The number of hydrogen-bond donors (Lipinski definition) is 2. The number of aromatic nitrogens is 2. The third kappa shape index (κ3) is 4.38. The quantitative estimate of drug-likeness (QED) is 0.328. The second kappa shape index (κ2) is 8.83. The van der Waals surface area contributed by atoms with E-state index >= 15 is 0 Å². The number of anilines is 1. The molecule has 0 radical (unpaired) electrons. The second-order valence-corrected chi connectivity index (χ2v) is 8.28. The number of H-pyrrole nitrogens is 1. The summed E-state index contributed by atoms with van der Waals surface area (Å²) in [5.74, 6) is -0.244. The predicted octanol–water partition coefficient (Wildman–Crippen LogP) is 5.88. The van der Waals surface area contributed by atoms with Gasteiger partial charge >= 0.3 is 5.97 Å². The first-order valence-electron chi connectivity index (χ1n) is 11.0. The Balaban J connectivity index is 1.28. The number of ether oxygens (including phenoxy) is 1.